The molecule has 7 nitrogen and oxygen atoms in total. The van der Waals surface area contributed by atoms with Crippen molar-refractivity contribution in [3.63, 3.8) is 0 Å². The molecule has 2 unspecified atom stereocenters. The third kappa shape index (κ3) is 5.94. The Labute approximate surface area is 190 Å². The van der Waals surface area contributed by atoms with E-state index in [2.05, 4.69) is 4.90 Å². The lowest BCUT2D eigenvalue weighted by Gasteiger charge is -2.41. The molecule has 0 saturated heterocycles. The number of carbonyl (C=O) groups excluding carboxylic acids is 2. The van der Waals surface area contributed by atoms with Crippen LogP contribution >= 0.6 is 0 Å². The third-order valence-electron chi connectivity index (χ3n) is 6.72. The fourth-order valence-electron chi connectivity index (χ4n) is 4.86. The molecule has 0 aromatic heterocycles. The highest BCUT2D eigenvalue weighted by Crippen LogP contribution is 2.46. The second-order valence-electron chi connectivity index (χ2n) is 9.23. The highest BCUT2D eigenvalue weighted by atomic mass is 32.2. The zero-order chi connectivity index (χ0) is 23.4. The Balaban J connectivity index is 1.51. The Morgan fingerprint density at radius 3 is 2.62 bits per heavy atom. The number of benzene rings is 1. The highest BCUT2D eigenvalue weighted by molar-refractivity contribution is 7.90. The van der Waals surface area contributed by atoms with Gasteiger partial charge in [-0.1, -0.05) is 30.4 Å². The Morgan fingerprint density at radius 2 is 2.00 bits per heavy atom. The molecule has 1 aromatic rings. The Hall–Kier alpha value is -2.29. The van der Waals surface area contributed by atoms with Crippen molar-refractivity contribution in [3.05, 3.63) is 53.6 Å². The number of hydrogen-bond acceptors (Lipinski definition) is 6. The van der Waals surface area contributed by atoms with Crippen LogP contribution in [0.2, 0.25) is 0 Å². The standard InChI is InChI=1S/C24H32N2O5S/c1-26(16-18-4-8-22(9-5-18)32(2,30)31)13-3-11-24(17-27)12-10-19-14-20(23(28)25-29)6-7-21(19)15-24/h4-9,14,17,19,21,29H,3,10-13,15-16H2,1-2H3,(H,25,28)/t19?,21?,24-/m1/s1. The minimum atomic E-state index is -3.19. The monoisotopic (exact) mass is 460 g/mol. The van der Waals surface area contributed by atoms with E-state index < -0.39 is 15.7 Å². The SMILES string of the molecule is CN(CCC[C@@]1(C=O)CCC2C=C(C(=O)NO)C=CC2C1)Cc1ccc(S(C)(=O)=O)cc1. The van der Waals surface area contributed by atoms with E-state index in [1.54, 1.807) is 23.7 Å². The van der Waals surface area contributed by atoms with Crippen LogP contribution in [0.5, 0.6) is 0 Å². The zero-order valence-electron chi connectivity index (χ0n) is 18.7. The van der Waals surface area contributed by atoms with Gasteiger partial charge in [-0.2, -0.15) is 0 Å². The predicted molar refractivity (Wildman–Crippen MR) is 122 cm³/mol. The topological polar surface area (TPSA) is 104 Å². The summed E-state index contributed by atoms with van der Waals surface area (Å²) in [6.07, 6.45) is 12.1. The molecule has 1 fully saturated rings. The van der Waals surface area contributed by atoms with Crippen LogP contribution < -0.4 is 5.48 Å². The minimum absolute atomic E-state index is 0.220. The molecular weight excluding hydrogens is 428 g/mol. The first-order chi connectivity index (χ1) is 15.2. The van der Waals surface area contributed by atoms with Crippen molar-refractivity contribution in [2.24, 2.45) is 17.3 Å². The number of hydrogen-bond donors (Lipinski definition) is 2. The highest BCUT2D eigenvalue weighted by Gasteiger charge is 2.40. The summed E-state index contributed by atoms with van der Waals surface area (Å²) >= 11 is 0. The summed E-state index contributed by atoms with van der Waals surface area (Å²) in [7, 11) is -1.16. The lowest BCUT2D eigenvalue weighted by molar-refractivity contribution is -0.125. The molecule has 0 spiro atoms. The number of allylic oxidation sites excluding steroid dienone is 2. The number of nitrogens with zero attached hydrogens (tertiary/aromatic N) is 1. The van der Waals surface area contributed by atoms with E-state index in [0.717, 1.165) is 50.5 Å². The van der Waals surface area contributed by atoms with Gasteiger partial charge in [0.25, 0.3) is 5.91 Å². The summed E-state index contributed by atoms with van der Waals surface area (Å²) in [6.45, 7) is 1.56. The lowest BCUT2D eigenvalue weighted by atomic mass is 9.63. The van der Waals surface area contributed by atoms with Gasteiger partial charge in [-0.3, -0.25) is 10.0 Å². The van der Waals surface area contributed by atoms with Gasteiger partial charge in [-0.25, -0.2) is 13.9 Å². The van der Waals surface area contributed by atoms with Crippen molar-refractivity contribution in [3.8, 4) is 0 Å². The van der Waals surface area contributed by atoms with Crippen LogP contribution in [0, 0.1) is 17.3 Å². The van der Waals surface area contributed by atoms with Crippen molar-refractivity contribution < 1.29 is 23.2 Å². The van der Waals surface area contributed by atoms with Crippen molar-refractivity contribution >= 4 is 22.0 Å². The quantitative estimate of drug-likeness (QED) is 0.334. The van der Waals surface area contributed by atoms with Crippen LogP contribution in [0.4, 0.5) is 0 Å². The first-order valence-corrected chi connectivity index (χ1v) is 12.8. The minimum Gasteiger partial charge on any atom is -0.303 e. The number of nitrogens with one attached hydrogen (secondary N) is 1. The van der Waals surface area contributed by atoms with Crippen LogP contribution in [-0.2, 0) is 26.0 Å². The number of sulfone groups is 1. The van der Waals surface area contributed by atoms with Gasteiger partial charge in [-0.05, 0) is 75.2 Å². The van der Waals surface area contributed by atoms with E-state index in [0.29, 0.717) is 17.0 Å². The smallest absolute Gasteiger partial charge is 0.274 e. The maximum Gasteiger partial charge on any atom is 0.274 e. The Bertz CT molecular complexity index is 1000. The number of fused-ring (bicyclic) bond motifs is 1. The van der Waals surface area contributed by atoms with Gasteiger partial charge in [0.05, 0.1) is 4.90 Å². The summed E-state index contributed by atoms with van der Waals surface area (Å²) < 4.78 is 23.2. The Kier molecular flexibility index (Phi) is 7.69. The van der Waals surface area contributed by atoms with Crippen LogP contribution in [0.1, 0.15) is 37.7 Å². The number of hydroxylamine groups is 1. The zero-order valence-corrected chi connectivity index (χ0v) is 19.5. The van der Waals surface area contributed by atoms with Crippen molar-refractivity contribution in [2.45, 2.75) is 43.5 Å². The molecule has 0 radical (unpaired) electrons. The molecule has 1 saturated carbocycles. The van der Waals surface area contributed by atoms with Crippen LogP contribution in [-0.4, -0.2) is 50.6 Å². The van der Waals surface area contributed by atoms with Crippen molar-refractivity contribution in [1.82, 2.24) is 10.4 Å². The molecule has 0 bridgehead atoms. The number of aldehydes is 1. The van der Waals surface area contributed by atoms with Crippen molar-refractivity contribution in [2.75, 3.05) is 19.8 Å². The fraction of sp³-hybridized carbons (Fsp3) is 0.500. The molecule has 0 aliphatic heterocycles. The molecule has 32 heavy (non-hydrogen) atoms. The van der Waals surface area contributed by atoms with E-state index in [1.165, 1.54) is 6.26 Å². The molecular formula is C24H32N2O5S. The number of rotatable bonds is 9. The maximum atomic E-state index is 12.1. The van der Waals surface area contributed by atoms with E-state index in [4.69, 9.17) is 5.21 Å². The van der Waals surface area contributed by atoms with E-state index in [9.17, 15) is 18.0 Å². The normalized spacial score (nSPS) is 25.2. The van der Waals surface area contributed by atoms with Gasteiger partial charge in [0.1, 0.15) is 6.29 Å². The van der Waals surface area contributed by atoms with Gasteiger partial charge in [0.2, 0.25) is 0 Å². The molecule has 2 aliphatic rings. The lowest BCUT2D eigenvalue weighted by Crippen LogP contribution is -2.36. The fourth-order valence-corrected chi connectivity index (χ4v) is 5.50. The van der Waals surface area contributed by atoms with Crippen LogP contribution in [0.25, 0.3) is 0 Å². The largest absolute Gasteiger partial charge is 0.303 e. The predicted octanol–water partition coefficient (Wildman–Crippen LogP) is 2.91. The molecule has 3 atom stereocenters. The molecule has 2 aliphatic carbocycles. The summed E-state index contributed by atoms with van der Waals surface area (Å²) in [5, 5.41) is 8.83. The molecule has 3 rings (SSSR count). The number of amides is 1. The summed E-state index contributed by atoms with van der Waals surface area (Å²) in [5.74, 6) is -0.0471. The van der Waals surface area contributed by atoms with E-state index >= 15 is 0 Å². The van der Waals surface area contributed by atoms with Gasteiger partial charge in [0, 0.05) is 23.8 Å². The average molecular weight is 461 g/mol. The summed E-state index contributed by atoms with van der Waals surface area (Å²) in [4.78, 5) is 26.2. The first kappa shape index (κ1) is 24.4. The molecule has 2 N–H and O–H groups in total. The van der Waals surface area contributed by atoms with Crippen LogP contribution in [0.3, 0.4) is 0 Å². The third-order valence-corrected chi connectivity index (χ3v) is 7.85. The van der Waals surface area contributed by atoms with Gasteiger partial charge < -0.3 is 9.69 Å². The second-order valence-corrected chi connectivity index (χ2v) is 11.2. The average Bonchev–Trinajstić information content (AvgIpc) is 2.78. The molecule has 0 heterocycles. The van der Waals surface area contributed by atoms with E-state index in [-0.39, 0.29) is 17.3 Å². The van der Waals surface area contributed by atoms with Crippen LogP contribution in [0.15, 0.2) is 53.0 Å². The molecule has 8 heteroatoms. The Morgan fingerprint density at radius 1 is 1.28 bits per heavy atom. The molecule has 174 valence electrons. The summed E-state index contributed by atoms with van der Waals surface area (Å²) in [6, 6.07) is 6.96. The molecule has 1 amide bonds. The first-order valence-electron chi connectivity index (χ1n) is 10.9. The van der Waals surface area contributed by atoms with Gasteiger partial charge in [0.15, 0.2) is 9.84 Å². The van der Waals surface area contributed by atoms with Gasteiger partial charge >= 0.3 is 0 Å². The van der Waals surface area contributed by atoms with E-state index in [1.807, 2.05) is 31.3 Å². The second kappa shape index (κ2) is 10.1. The number of carbonyl (C=O) groups is 2. The maximum absolute atomic E-state index is 12.1. The van der Waals surface area contributed by atoms with Crippen molar-refractivity contribution in [1.29, 1.82) is 0 Å². The van der Waals surface area contributed by atoms with Gasteiger partial charge in [-0.15, -0.1) is 0 Å². The summed E-state index contributed by atoms with van der Waals surface area (Å²) in [5.41, 5.74) is 2.86. The molecule has 1 aromatic carbocycles.